The third-order valence-electron chi connectivity index (χ3n) is 3.88. The summed E-state index contributed by atoms with van der Waals surface area (Å²) in [6.45, 7) is 0. The summed E-state index contributed by atoms with van der Waals surface area (Å²) in [5.74, 6) is 3.15. The monoisotopic (exact) mass is 254 g/mol. The molecule has 98 valence electrons. The van der Waals surface area contributed by atoms with Crippen molar-refractivity contribution in [2.45, 2.75) is 18.3 Å². The summed E-state index contributed by atoms with van der Waals surface area (Å²) in [5.41, 5.74) is 2.81. The van der Waals surface area contributed by atoms with Crippen LogP contribution in [0.5, 0.6) is 11.5 Å². The molecule has 0 N–H and O–H groups in total. The minimum atomic E-state index is 0.652. The van der Waals surface area contributed by atoms with Crippen LogP contribution in [-0.2, 0) is 0 Å². The number of ether oxygens (including phenoxy) is 2. The SMILES string of the molecule is COc1ccc([C@H]2C[C@@H]2c2ccc(OC)cc2)cc1. The lowest BCUT2D eigenvalue weighted by atomic mass is 10.0. The normalized spacial score (nSPS) is 20.9. The number of methoxy groups -OCH3 is 2. The fourth-order valence-corrected chi connectivity index (χ4v) is 2.63. The van der Waals surface area contributed by atoms with Gasteiger partial charge in [-0.3, -0.25) is 0 Å². The fraction of sp³-hybridized carbons (Fsp3) is 0.294. The van der Waals surface area contributed by atoms with Crippen LogP contribution in [0.25, 0.3) is 0 Å². The van der Waals surface area contributed by atoms with Gasteiger partial charge in [0.15, 0.2) is 0 Å². The zero-order valence-electron chi connectivity index (χ0n) is 11.3. The van der Waals surface area contributed by atoms with Crippen molar-refractivity contribution >= 4 is 0 Å². The van der Waals surface area contributed by atoms with Crippen LogP contribution in [-0.4, -0.2) is 14.2 Å². The molecule has 0 unspecified atom stereocenters. The largest absolute Gasteiger partial charge is 0.497 e. The second-order valence-electron chi connectivity index (χ2n) is 5.00. The third kappa shape index (κ3) is 2.43. The van der Waals surface area contributed by atoms with Gasteiger partial charge in [-0.05, 0) is 53.6 Å². The summed E-state index contributed by atoms with van der Waals surface area (Å²) in [6.07, 6.45) is 1.23. The molecule has 2 aromatic rings. The van der Waals surface area contributed by atoms with Crippen molar-refractivity contribution < 1.29 is 9.47 Å². The lowest BCUT2D eigenvalue weighted by Crippen LogP contribution is -1.87. The zero-order chi connectivity index (χ0) is 13.2. The first kappa shape index (κ1) is 12.1. The summed E-state index contributed by atoms with van der Waals surface area (Å²) in [5, 5.41) is 0. The maximum atomic E-state index is 5.19. The lowest BCUT2D eigenvalue weighted by molar-refractivity contribution is 0.414. The molecular weight excluding hydrogens is 236 g/mol. The van der Waals surface area contributed by atoms with Gasteiger partial charge < -0.3 is 9.47 Å². The summed E-state index contributed by atoms with van der Waals surface area (Å²) in [4.78, 5) is 0. The summed E-state index contributed by atoms with van der Waals surface area (Å²) in [6, 6.07) is 16.9. The van der Waals surface area contributed by atoms with Crippen LogP contribution in [0.2, 0.25) is 0 Å². The Morgan fingerprint density at radius 3 is 1.37 bits per heavy atom. The van der Waals surface area contributed by atoms with Gasteiger partial charge in [-0.2, -0.15) is 0 Å². The second-order valence-corrected chi connectivity index (χ2v) is 5.00. The van der Waals surface area contributed by atoms with E-state index in [1.165, 1.54) is 17.5 Å². The van der Waals surface area contributed by atoms with E-state index in [2.05, 4.69) is 24.3 Å². The van der Waals surface area contributed by atoms with Gasteiger partial charge in [0, 0.05) is 0 Å². The van der Waals surface area contributed by atoms with Gasteiger partial charge in [0.2, 0.25) is 0 Å². The molecule has 0 bridgehead atoms. The van der Waals surface area contributed by atoms with Gasteiger partial charge in [-0.15, -0.1) is 0 Å². The van der Waals surface area contributed by atoms with Crippen molar-refractivity contribution in [2.75, 3.05) is 14.2 Å². The Bertz CT molecular complexity index is 491. The molecule has 1 aliphatic carbocycles. The topological polar surface area (TPSA) is 18.5 Å². The molecule has 0 aromatic heterocycles. The molecule has 1 aliphatic rings. The van der Waals surface area contributed by atoms with Crippen molar-refractivity contribution in [3.63, 3.8) is 0 Å². The van der Waals surface area contributed by atoms with E-state index in [0.29, 0.717) is 11.8 Å². The van der Waals surface area contributed by atoms with E-state index in [1.54, 1.807) is 14.2 Å². The fourth-order valence-electron chi connectivity index (χ4n) is 2.63. The summed E-state index contributed by atoms with van der Waals surface area (Å²) < 4.78 is 10.4. The highest BCUT2D eigenvalue weighted by Crippen LogP contribution is 2.54. The number of benzene rings is 2. The standard InChI is InChI=1S/C17H18O2/c1-18-14-7-3-12(4-8-14)16-11-17(16)13-5-9-15(19-2)10-6-13/h3-10,16-17H,11H2,1-2H3/t16-,17-/m1/s1. The lowest BCUT2D eigenvalue weighted by Gasteiger charge is -2.04. The van der Waals surface area contributed by atoms with Gasteiger partial charge in [-0.1, -0.05) is 24.3 Å². The van der Waals surface area contributed by atoms with Crippen LogP contribution in [0, 0.1) is 0 Å². The maximum Gasteiger partial charge on any atom is 0.118 e. The van der Waals surface area contributed by atoms with E-state index >= 15 is 0 Å². The highest BCUT2D eigenvalue weighted by Gasteiger charge is 2.39. The van der Waals surface area contributed by atoms with Crippen molar-refractivity contribution in [2.24, 2.45) is 0 Å². The summed E-state index contributed by atoms with van der Waals surface area (Å²) >= 11 is 0. The van der Waals surface area contributed by atoms with Crippen LogP contribution in [0.1, 0.15) is 29.4 Å². The van der Waals surface area contributed by atoms with Crippen molar-refractivity contribution in [1.29, 1.82) is 0 Å². The highest BCUT2D eigenvalue weighted by molar-refractivity contribution is 5.40. The van der Waals surface area contributed by atoms with E-state index in [-0.39, 0.29) is 0 Å². The molecule has 0 amide bonds. The molecule has 0 saturated heterocycles. The van der Waals surface area contributed by atoms with Crippen molar-refractivity contribution in [3.8, 4) is 11.5 Å². The van der Waals surface area contributed by atoms with Crippen LogP contribution in [0.4, 0.5) is 0 Å². The zero-order valence-corrected chi connectivity index (χ0v) is 11.3. The predicted molar refractivity (Wildman–Crippen MR) is 76.1 cm³/mol. The molecular formula is C17H18O2. The predicted octanol–water partition coefficient (Wildman–Crippen LogP) is 3.97. The second kappa shape index (κ2) is 4.96. The highest BCUT2D eigenvalue weighted by atomic mass is 16.5. The molecule has 0 radical (unpaired) electrons. The molecule has 2 nitrogen and oxygen atoms in total. The van der Waals surface area contributed by atoms with Gasteiger partial charge in [-0.25, -0.2) is 0 Å². The van der Waals surface area contributed by atoms with E-state index < -0.39 is 0 Å². The molecule has 2 aromatic carbocycles. The van der Waals surface area contributed by atoms with E-state index in [4.69, 9.17) is 9.47 Å². The van der Waals surface area contributed by atoms with Crippen LogP contribution in [0.3, 0.4) is 0 Å². The Kier molecular flexibility index (Phi) is 3.16. The number of hydrogen-bond donors (Lipinski definition) is 0. The van der Waals surface area contributed by atoms with Crippen LogP contribution in [0.15, 0.2) is 48.5 Å². The average Bonchev–Trinajstić information content (AvgIpc) is 3.28. The number of hydrogen-bond acceptors (Lipinski definition) is 2. The van der Waals surface area contributed by atoms with Crippen LogP contribution < -0.4 is 9.47 Å². The minimum Gasteiger partial charge on any atom is -0.497 e. The Morgan fingerprint density at radius 1 is 0.684 bits per heavy atom. The van der Waals surface area contributed by atoms with Crippen LogP contribution >= 0.6 is 0 Å². The van der Waals surface area contributed by atoms with Gasteiger partial charge >= 0.3 is 0 Å². The molecule has 0 spiro atoms. The maximum absolute atomic E-state index is 5.19. The first-order chi connectivity index (χ1) is 9.31. The molecule has 2 heteroatoms. The first-order valence-corrected chi connectivity index (χ1v) is 6.59. The average molecular weight is 254 g/mol. The van der Waals surface area contributed by atoms with Gasteiger partial charge in [0.25, 0.3) is 0 Å². The molecule has 3 rings (SSSR count). The Balaban J connectivity index is 1.72. The number of rotatable bonds is 4. The molecule has 2 atom stereocenters. The van der Waals surface area contributed by atoms with Crippen molar-refractivity contribution in [3.05, 3.63) is 59.7 Å². The Hall–Kier alpha value is -1.96. The van der Waals surface area contributed by atoms with E-state index in [9.17, 15) is 0 Å². The Morgan fingerprint density at radius 2 is 1.05 bits per heavy atom. The van der Waals surface area contributed by atoms with Gasteiger partial charge in [0.1, 0.15) is 11.5 Å². The smallest absolute Gasteiger partial charge is 0.118 e. The first-order valence-electron chi connectivity index (χ1n) is 6.59. The minimum absolute atomic E-state index is 0.652. The molecule has 0 heterocycles. The molecule has 1 saturated carbocycles. The van der Waals surface area contributed by atoms with Gasteiger partial charge in [0.05, 0.1) is 14.2 Å². The molecule has 0 aliphatic heterocycles. The molecule has 19 heavy (non-hydrogen) atoms. The van der Waals surface area contributed by atoms with Crippen molar-refractivity contribution in [1.82, 2.24) is 0 Å². The Labute approximate surface area is 114 Å². The summed E-state index contributed by atoms with van der Waals surface area (Å²) in [7, 11) is 3.40. The van der Waals surface area contributed by atoms with E-state index in [1.807, 2.05) is 24.3 Å². The third-order valence-corrected chi connectivity index (χ3v) is 3.88. The quantitative estimate of drug-likeness (QED) is 0.821. The molecule has 1 fully saturated rings. The van der Waals surface area contributed by atoms with E-state index in [0.717, 1.165) is 11.5 Å².